The summed E-state index contributed by atoms with van der Waals surface area (Å²) in [5.41, 5.74) is 0.546. The van der Waals surface area contributed by atoms with Gasteiger partial charge in [0.1, 0.15) is 0 Å². The number of amides is 2. The number of nitrogens with one attached hydrogen (secondary N) is 1. The molecule has 1 heterocycles. The molecule has 0 spiro atoms. The van der Waals surface area contributed by atoms with E-state index in [4.69, 9.17) is 0 Å². The molecular formula is C15H20N2O4S. The maximum atomic E-state index is 12.2. The lowest BCUT2D eigenvalue weighted by molar-refractivity contribution is 0.0892. The molecule has 0 bridgehead atoms. The lowest BCUT2D eigenvalue weighted by atomic mass is 10.0. The number of carbonyl (C=O) groups is 2. The molecule has 1 aliphatic heterocycles. The highest BCUT2D eigenvalue weighted by atomic mass is 32.2. The van der Waals surface area contributed by atoms with E-state index in [9.17, 15) is 13.8 Å². The van der Waals surface area contributed by atoms with E-state index in [1.54, 1.807) is 35.4 Å². The van der Waals surface area contributed by atoms with E-state index in [0.29, 0.717) is 36.4 Å². The SMILES string of the molecule is COC(=O)N1CCC(NC(=O)c2ccc(S(C)=O)cc2)CC1. The lowest BCUT2D eigenvalue weighted by Crippen LogP contribution is -2.46. The van der Waals surface area contributed by atoms with Crippen LogP contribution in [0.15, 0.2) is 29.2 Å². The average molecular weight is 324 g/mol. The third kappa shape index (κ3) is 4.07. The van der Waals surface area contributed by atoms with Gasteiger partial charge in [-0.15, -0.1) is 0 Å². The minimum absolute atomic E-state index is 0.0494. The zero-order valence-electron chi connectivity index (χ0n) is 12.7. The van der Waals surface area contributed by atoms with Gasteiger partial charge in [-0.25, -0.2) is 4.79 Å². The molecule has 0 radical (unpaired) electrons. The lowest BCUT2D eigenvalue weighted by Gasteiger charge is -2.31. The predicted octanol–water partition coefficient (Wildman–Crippen LogP) is 1.38. The Morgan fingerprint density at radius 1 is 1.23 bits per heavy atom. The Labute approximate surface area is 132 Å². The van der Waals surface area contributed by atoms with Crippen LogP contribution in [-0.2, 0) is 15.5 Å². The number of nitrogens with zero attached hydrogens (tertiary/aromatic N) is 1. The third-order valence-corrected chi connectivity index (χ3v) is 4.65. The highest BCUT2D eigenvalue weighted by molar-refractivity contribution is 7.84. The molecule has 1 fully saturated rings. The molecule has 1 saturated heterocycles. The summed E-state index contributed by atoms with van der Waals surface area (Å²) in [6.07, 6.45) is 2.69. The first kappa shape index (κ1) is 16.5. The third-order valence-electron chi connectivity index (χ3n) is 3.71. The maximum absolute atomic E-state index is 12.2. The van der Waals surface area contributed by atoms with Crippen molar-refractivity contribution in [2.24, 2.45) is 0 Å². The number of rotatable bonds is 3. The van der Waals surface area contributed by atoms with Gasteiger partial charge in [-0.1, -0.05) is 0 Å². The first-order chi connectivity index (χ1) is 10.5. The first-order valence-electron chi connectivity index (χ1n) is 7.08. The summed E-state index contributed by atoms with van der Waals surface area (Å²) in [7, 11) is 0.317. The van der Waals surface area contributed by atoms with Gasteiger partial charge in [0.15, 0.2) is 0 Å². The Bertz CT molecular complexity index is 565. The van der Waals surface area contributed by atoms with Gasteiger partial charge in [-0.3, -0.25) is 9.00 Å². The van der Waals surface area contributed by atoms with Crippen LogP contribution in [0.3, 0.4) is 0 Å². The molecule has 120 valence electrons. The zero-order valence-corrected chi connectivity index (χ0v) is 13.5. The normalized spacial score (nSPS) is 16.9. The van der Waals surface area contributed by atoms with Crippen LogP contribution in [-0.4, -0.2) is 53.6 Å². The second kappa shape index (κ2) is 7.40. The molecule has 6 nitrogen and oxygen atoms in total. The van der Waals surface area contributed by atoms with Gasteiger partial charge >= 0.3 is 6.09 Å². The second-order valence-electron chi connectivity index (χ2n) is 5.18. The number of ether oxygens (including phenoxy) is 1. The van der Waals surface area contributed by atoms with Crippen molar-refractivity contribution >= 4 is 22.8 Å². The van der Waals surface area contributed by atoms with E-state index in [0.717, 1.165) is 0 Å². The topological polar surface area (TPSA) is 75.7 Å². The Morgan fingerprint density at radius 3 is 2.32 bits per heavy atom. The Balaban J connectivity index is 1.88. The quantitative estimate of drug-likeness (QED) is 0.911. The Hall–Kier alpha value is -1.89. The number of methoxy groups -OCH3 is 1. The van der Waals surface area contributed by atoms with Crippen molar-refractivity contribution in [1.82, 2.24) is 10.2 Å². The molecule has 22 heavy (non-hydrogen) atoms. The Morgan fingerprint density at radius 2 is 1.82 bits per heavy atom. The molecule has 1 aliphatic rings. The molecule has 1 aromatic carbocycles. The number of benzene rings is 1. The summed E-state index contributed by atoms with van der Waals surface area (Å²) in [5, 5.41) is 2.97. The minimum Gasteiger partial charge on any atom is -0.453 e. The van der Waals surface area contributed by atoms with Crippen molar-refractivity contribution in [3.05, 3.63) is 29.8 Å². The highest BCUT2D eigenvalue weighted by Crippen LogP contribution is 2.13. The van der Waals surface area contributed by atoms with Gasteiger partial charge in [0.25, 0.3) is 5.91 Å². The Kier molecular flexibility index (Phi) is 5.54. The van der Waals surface area contributed by atoms with Crippen LogP contribution in [0.2, 0.25) is 0 Å². The van der Waals surface area contributed by atoms with E-state index >= 15 is 0 Å². The number of hydrogen-bond donors (Lipinski definition) is 1. The van der Waals surface area contributed by atoms with E-state index in [1.165, 1.54) is 7.11 Å². The van der Waals surface area contributed by atoms with Gasteiger partial charge in [0, 0.05) is 46.6 Å². The van der Waals surface area contributed by atoms with Gasteiger partial charge in [-0.05, 0) is 37.1 Å². The number of carbonyl (C=O) groups excluding carboxylic acids is 2. The highest BCUT2D eigenvalue weighted by Gasteiger charge is 2.24. The average Bonchev–Trinajstić information content (AvgIpc) is 2.54. The minimum atomic E-state index is -1.05. The fraction of sp³-hybridized carbons (Fsp3) is 0.467. The van der Waals surface area contributed by atoms with E-state index in [-0.39, 0.29) is 18.0 Å². The summed E-state index contributed by atoms with van der Waals surface area (Å²) >= 11 is 0. The van der Waals surface area contributed by atoms with Crippen LogP contribution in [0, 0.1) is 0 Å². The number of hydrogen-bond acceptors (Lipinski definition) is 4. The summed E-state index contributed by atoms with van der Waals surface area (Å²) in [4.78, 5) is 25.9. The zero-order chi connectivity index (χ0) is 16.1. The number of piperidine rings is 1. The van der Waals surface area contributed by atoms with Crippen LogP contribution >= 0.6 is 0 Å². The summed E-state index contributed by atoms with van der Waals surface area (Å²) < 4.78 is 16.0. The van der Waals surface area contributed by atoms with Gasteiger partial charge < -0.3 is 15.0 Å². The molecule has 0 saturated carbocycles. The smallest absolute Gasteiger partial charge is 0.409 e. The van der Waals surface area contributed by atoms with Crippen molar-refractivity contribution in [2.75, 3.05) is 26.5 Å². The maximum Gasteiger partial charge on any atom is 0.409 e. The van der Waals surface area contributed by atoms with Crippen molar-refractivity contribution in [3.8, 4) is 0 Å². The van der Waals surface area contributed by atoms with E-state index in [2.05, 4.69) is 10.1 Å². The van der Waals surface area contributed by atoms with Crippen molar-refractivity contribution in [3.63, 3.8) is 0 Å². The molecule has 7 heteroatoms. The van der Waals surface area contributed by atoms with Crippen LogP contribution in [0.25, 0.3) is 0 Å². The monoisotopic (exact) mass is 324 g/mol. The van der Waals surface area contributed by atoms with E-state index < -0.39 is 10.8 Å². The molecule has 2 rings (SSSR count). The second-order valence-corrected chi connectivity index (χ2v) is 6.56. The summed E-state index contributed by atoms with van der Waals surface area (Å²) in [6.45, 7) is 1.15. The van der Waals surface area contributed by atoms with Crippen molar-refractivity contribution in [1.29, 1.82) is 0 Å². The molecule has 1 atom stereocenters. The summed E-state index contributed by atoms with van der Waals surface area (Å²) in [5.74, 6) is -0.148. The van der Waals surface area contributed by atoms with Crippen LogP contribution in [0.1, 0.15) is 23.2 Å². The first-order valence-corrected chi connectivity index (χ1v) is 8.64. The molecule has 1 aromatic rings. The largest absolute Gasteiger partial charge is 0.453 e. The summed E-state index contributed by atoms with van der Waals surface area (Å²) in [6, 6.07) is 6.80. The molecule has 1 N–H and O–H groups in total. The fourth-order valence-corrected chi connectivity index (χ4v) is 2.92. The molecule has 1 unspecified atom stereocenters. The van der Waals surface area contributed by atoms with E-state index in [1.807, 2.05) is 0 Å². The van der Waals surface area contributed by atoms with Crippen LogP contribution in [0.5, 0.6) is 0 Å². The number of likely N-dealkylation sites (tertiary alicyclic amines) is 1. The van der Waals surface area contributed by atoms with Crippen LogP contribution < -0.4 is 5.32 Å². The van der Waals surface area contributed by atoms with Gasteiger partial charge in [-0.2, -0.15) is 0 Å². The predicted molar refractivity (Wildman–Crippen MR) is 83.2 cm³/mol. The fourth-order valence-electron chi connectivity index (χ4n) is 2.40. The van der Waals surface area contributed by atoms with Gasteiger partial charge in [0.05, 0.1) is 7.11 Å². The van der Waals surface area contributed by atoms with Crippen LogP contribution in [0.4, 0.5) is 4.79 Å². The standard InChI is InChI=1S/C15H20N2O4S/c1-21-15(19)17-9-7-12(8-10-17)16-14(18)11-3-5-13(6-4-11)22(2)20/h3-6,12H,7-10H2,1-2H3,(H,16,18). The molecule has 0 aliphatic carbocycles. The van der Waals surface area contributed by atoms with Gasteiger partial charge in [0.2, 0.25) is 0 Å². The molecular weight excluding hydrogens is 304 g/mol. The van der Waals surface area contributed by atoms with Crippen molar-refractivity contribution in [2.45, 2.75) is 23.8 Å². The van der Waals surface area contributed by atoms with Crippen molar-refractivity contribution < 1.29 is 18.5 Å². The molecule has 0 aromatic heterocycles. The molecule has 2 amide bonds.